The van der Waals surface area contributed by atoms with Crippen LogP contribution in [0.15, 0.2) is 33.3 Å². The molecule has 6 heteroatoms. The van der Waals surface area contributed by atoms with Gasteiger partial charge in [0.05, 0.1) is 5.69 Å². The predicted molar refractivity (Wildman–Crippen MR) is 81.9 cm³/mol. The molecule has 0 unspecified atom stereocenters. The van der Waals surface area contributed by atoms with Crippen LogP contribution in [0.5, 0.6) is 0 Å². The molecule has 0 spiro atoms. The van der Waals surface area contributed by atoms with Crippen molar-refractivity contribution in [1.82, 2.24) is 15.3 Å². The van der Waals surface area contributed by atoms with Gasteiger partial charge in [-0.1, -0.05) is 48.4 Å². The van der Waals surface area contributed by atoms with E-state index in [1.165, 1.54) is 0 Å². The highest BCUT2D eigenvalue weighted by molar-refractivity contribution is 5.63. The monoisotopic (exact) mass is 298 g/mol. The fourth-order valence-electron chi connectivity index (χ4n) is 2.27. The SMILES string of the molecule is Cc1noc(C(C)C)c1-c1nc(-c2ccc(CN)cc2)no1. The van der Waals surface area contributed by atoms with Gasteiger partial charge in [-0.3, -0.25) is 0 Å². The Morgan fingerprint density at radius 3 is 2.45 bits per heavy atom. The van der Waals surface area contributed by atoms with Gasteiger partial charge >= 0.3 is 0 Å². The summed E-state index contributed by atoms with van der Waals surface area (Å²) >= 11 is 0. The first-order valence-electron chi connectivity index (χ1n) is 7.19. The first kappa shape index (κ1) is 14.5. The molecular weight excluding hydrogens is 280 g/mol. The third-order valence-electron chi connectivity index (χ3n) is 3.50. The Bertz CT molecular complexity index is 772. The summed E-state index contributed by atoms with van der Waals surface area (Å²) in [6, 6.07) is 7.77. The molecular formula is C16H18N4O2. The Hall–Kier alpha value is -2.47. The molecule has 0 saturated carbocycles. The lowest BCUT2D eigenvalue weighted by atomic mass is 10.1. The van der Waals surface area contributed by atoms with Crippen molar-refractivity contribution in [3.05, 3.63) is 41.3 Å². The molecule has 0 aliphatic carbocycles. The second kappa shape index (κ2) is 5.73. The molecule has 0 aliphatic heterocycles. The van der Waals surface area contributed by atoms with Crippen LogP contribution in [-0.4, -0.2) is 15.3 Å². The van der Waals surface area contributed by atoms with Crippen LogP contribution in [0.1, 0.15) is 36.8 Å². The van der Waals surface area contributed by atoms with Crippen molar-refractivity contribution >= 4 is 0 Å². The third kappa shape index (κ3) is 2.53. The van der Waals surface area contributed by atoms with Crippen molar-refractivity contribution in [3.63, 3.8) is 0 Å². The zero-order valence-corrected chi connectivity index (χ0v) is 12.8. The van der Waals surface area contributed by atoms with Crippen LogP contribution >= 0.6 is 0 Å². The van der Waals surface area contributed by atoms with E-state index in [4.69, 9.17) is 14.8 Å². The minimum Gasteiger partial charge on any atom is -0.360 e. The number of aryl methyl sites for hydroxylation is 1. The molecule has 6 nitrogen and oxygen atoms in total. The van der Waals surface area contributed by atoms with Crippen LogP contribution in [0.4, 0.5) is 0 Å². The van der Waals surface area contributed by atoms with Crippen molar-refractivity contribution in [2.24, 2.45) is 5.73 Å². The third-order valence-corrected chi connectivity index (χ3v) is 3.50. The molecule has 0 bridgehead atoms. The molecule has 0 aliphatic rings. The average molecular weight is 298 g/mol. The molecule has 2 N–H and O–H groups in total. The summed E-state index contributed by atoms with van der Waals surface area (Å²) in [4.78, 5) is 4.47. The van der Waals surface area contributed by atoms with Crippen LogP contribution in [-0.2, 0) is 6.54 Å². The predicted octanol–water partition coefficient (Wildman–Crippen LogP) is 3.28. The molecule has 2 heterocycles. The largest absolute Gasteiger partial charge is 0.360 e. The van der Waals surface area contributed by atoms with Crippen LogP contribution in [0.2, 0.25) is 0 Å². The number of hydrogen-bond acceptors (Lipinski definition) is 6. The zero-order chi connectivity index (χ0) is 15.7. The lowest BCUT2D eigenvalue weighted by molar-refractivity contribution is 0.367. The van der Waals surface area contributed by atoms with E-state index in [2.05, 4.69) is 15.3 Å². The Kier molecular flexibility index (Phi) is 3.77. The molecule has 0 saturated heterocycles. The summed E-state index contributed by atoms with van der Waals surface area (Å²) in [6.45, 7) is 6.44. The topological polar surface area (TPSA) is 91.0 Å². The Labute approximate surface area is 128 Å². The fourth-order valence-corrected chi connectivity index (χ4v) is 2.27. The van der Waals surface area contributed by atoms with E-state index in [-0.39, 0.29) is 5.92 Å². The maximum absolute atomic E-state index is 5.60. The van der Waals surface area contributed by atoms with Gasteiger partial charge in [-0.2, -0.15) is 4.98 Å². The van der Waals surface area contributed by atoms with Crippen molar-refractivity contribution in [1.29, 1.82) is 0 Å². The summed E-state index contributed by atoms with van der Waals surface area (Å²) in [5, 5.41) is 8.05. The minimum atomic E-state index is 0.190. The number of benzene rings is 1. The van der Waals surface area contributed by atoms with Crippen LogP contribution in [0.25, 0.3) is 22.8 Å². The number of nitrogens with zero attached hydrogens (tertiary/aromatic N) is 3. The molecule has 0 fully saturated rings. The van der Waals surface area contributed by atoms with Gasteiger partial charge in [-0.05, 0) is 12.5 Å². The number of rotatable bonds is 4. The summed E-state index contributed by atoms with van der Waals surface area (Å²) in [5.74, 6) is 1.91. The lowest BCUT2D eigenvalue weighted by Gasteiger charge is -2.00. The van der Waals surface area contributed by atoms with Crippen molar-refractivity contribution < 1.29 is 9.05 Å². The second-order valence-electron chi connectivity index (χ2n) is 5.49. The van der Waals surface area contributed by atoms with E-state index in [0.29, 0.717) is 18.3 Å². The summed E-state index contributed by atoms with van der Waals surface area (Å²) < 4.78 is 10.8. The van der Waals surface area contributed by atoms with Gasteiger partial charge in [0.25, 0.3) is 5.89 Å². The fraction of sp³-hybridized carbons (Fsp3) is 0.312. The first-order chi connectivity index (χ1) is 10.6. The molecule has 22 heavy (non-hydrogen) atoms. The molecule has 0 amide bonds. The number of hydrogen-bond donors (Lipinski definition) is 1. The van der Waals surface area contributed by atoms with Crippen LogP contribution in [0.3, 0.4) is 0 Å². The average Bonchev–Trinajstić information content (AvgIpc) is 3.13. The Morgan fingerprint density at radius 2 is 1.82 bits per heavy atom. The molecule has 0 atom stereocenters. The van der Waals surface area contributed by atoms with Gasteiger partial charge in [0, 0.05) is 18.0 Å². The van der Waals surface area contributed by atoms with E-state index < -0.39 is 0 Å². The minimum absolute atomic E-state index is 0.190. The maximum atomic E-state index is 5.60. The van der Waals surface area contributed by atoms with Crippen molar-refractivity contribution in [2.75, 3.05) is 0 Å². The van der Waals surface area contributed by atoms with Gasteiger partial charge in [-0.25, -0.2) is 0 Å². The quantitative estimate of drug-likeness (QED) is 0.794. The Morgan fingerprint density at radius 1 is 1.09 bits per heavy atom. The standard InChI is InChI=1S/C16H18N4O2/c1-9(2)14-13(10(3)19-21-14)16-18-15(20-22-16)12-6-4-11(8-17)5-7-12/h4-7,9H,8,17H2,1-3H3. The van der Waals surface area contributed by atoms with Crippen molar-refractivity contribution in [3.8, 4) is 22.8 Å². The summed E-state index contributed by atoms with van der Waals surface area (Å²) in [6.07, 6.45) is 0. The second-order valence-corrected chi connectivity index (χ2v) is 5.49. The van der Waals surface area contributed by atoms with Crippen molar-refractivity contribution in [2.45, 2.75) is 33.2 Å². The molecule has 1 aromatic carbocycles. The van der Waals surface area contributed by atoms with Gasteiger partial charge in [0.15, 0.2) is 5.76 Å². The Balaban J connectivity index is 1.98. The van der Waals surface area contributed by atoms with E-state index >= 15 is 0 Å². The van der Waals surface area contributed by atoms with E-state index in [1.807, 2.05) is 45.0 Å². The van der Waals surface area contributed by atoms with E-state index in [0.717, 1.165) is 28.1 Å². The summed E-state index contributed by atoms with van der Waals surface area (Å²) in [5.41, 5.74) is 9.07. The highest BCUT2D eigenvalue weighted by atomic mass is 16.5. The normalized spacial score (nSPS) is 11.3. The van der Waals surface area contributed by atoms with Crippen LogP contribution in [0, 0.1) is 6.92 Å². The van der Waals surface area contributed by atoms with Crippen LogP contribution < -0.4 is 5.73 Å². The lowest BCUT2D eigenvalue weighted by Crippen LogP contribution is -1.95. The van der Waals surface area contributed by atoms with Gasteiger partial charge in [-0.15, -0.1) is 0 Å². The molecule has 114 valence electrons. The highest BCUT2D eigenvalue weighted by Crippen LogP contribution is 2.32. The van der Waals surface area contributed by atoms with E-state index in [1.54, 1.807) is 0 Å². The molecule has 2 aromatic heterocycles. The molecule has 3 aromatic rings. The zero-order valence-electron chi connectivity index (χ0n) is 12.8. The van der Waals surface area contributed by atoms with Gasteiger partial charge < -0.3 is 14.8 Å². The van der Waals surface area contributed by atoms with Gasteiger partial charge in [0.1, 0.15) is 5.56 Å². The molecule has 3 rings (SSSR count). The van der Waals surface area contributed by atoms with Gasteiger partial charge in [0.2, 0.25) is 5.82 Å². The highest BCUT2D eigenvalue weighted by Gasteiger charge is 2.23. The number of aromatic nitrogens is 3. The van der Waals surface area contributed by atoms with E-state index in [9.17, 15) is 0 Å². The smallest absolute Gasteiger partial charge is 0.263 e. The maximum Gasteiger partial charge on any atom is 0.263 e. The number of nitrogens with two attached hydrogens (primary N) is 1. The summed E-state index contributed by atoms with van der Waals surface area (Å²) in [7, 11) is 0. The first-order valence-corrected chi connectivity index (χ1v) is 7.19. The molecule has 0 radical (unpaired) electrons.